The summed E-state index contributed by atoms with van der Waals surface area (Å²) >= 11 is 0. The van der Waals surface area contributed by atoms with Gasteiger partial charge in [-0.05, 0) is 63.2 Å². The first-order valence-corrected chi connectivity index (χ1v) is 10.9. The van der Waals surface area contributed by atoms with Crippen molar-refractivity contribution in [3.05, 3.63) is 71.4 Å². The summed E-state index contributed by atoms with van der Waals surface area (Å²) in [5.74, 6) is 0.740. The van der Waals surface area contributed by atoms with E-state index in [9.17, 15) is 18.3 Å². The van der Waals surface area contributed by atoms with Gasteiger partial charge in [-0.3, -0.25) is 0 Å². The van der Waals surface area contributed by atoms with E-state index >= 15 is 0 Å². The Kier molecular flexibility index (Phi) is 7.56. The van der Waals surface area contributed by atoms with Crippen LogP contribution in [0.25, 0.3) is 0 Å². The van der Waals surface area contributed by atoms with Crippen molar-refractivity contribution in [1.82, 2.24) is 10.2 Å². The van der Waals surface area contributed by atoms with Crippen LogP contribution in [0.3, 0.4) is 0 Å². The van der Waals surface area contributed by atoms with E-state index in [0.717, 1.165) is 30.0 Å². The number of ether oxygens (including phenoxy) is 1. The fourth-order valence-electron chi connectivity index (χ4n) is 4.06. The molecular formula is C25H29F3N4O2. The van der Waals surface area contributed by atoms with Crippen molar-refractivity contribution in [1.29, 1.82) is 5.26 Å². The van der Waals surface area contributed by atoms with Crippen LogP contribution in [0.15, 0.2) is 54.7 Å². The Bertz CT molecular complexity index is 1060. The highest BCUT2D eigenvalue weighted by Gasteiger charge is 2.47. The molecule has 2 aromatic carbocycles. The first kappa shape index (κ1) is 25.6. The number of aliphatic hydroxyl groups excluding tert-OH is 1. The second-order valence-corrected chi connectivity index (χ2v) is 8.63. The number of anilines is 1. The zero-order valence-electron chi connectivity index (χ0n) is 19.5. The lowest BCUT2D eigenvalue weighted by molar-refractivity contribution is -0.137. The Morgan fingerprint density at radius 2 is 1.88 bits per heavy atom. The summed E-state index contributed by atoms with van der Waals surface area (Å²) in [7, 11) is 1.88. The maximum absolute atomic E-state index is 13.4. The molecular weight excluding hydrogens is 445 g/mol. The molecule has 1 atom stereocenters. The standard InChI is InChI=1S/C25H29F3N4O2/c1-17-24(2,3)31(12-5-13-34-21-10-6-18(7-11-21)16-30-4)23(33)32(17)20-9-8-19(15-29)22(14-20)25(26,27)28/h6-11,14,23,30,33H,1,5,12-13,16H2,2-4H3. The van der Waals surface area contributed by atoms with E-state index in [1.807, 2.05) is 45.2 Å². The number of hydrogen-bond donors (Lipinski definition) is 2. The summed E-state index contributed by atoms with van der Waals surface area (Å²) in [6.45, 7) is 9.36. The van der Waals surface area contributed by atoms with Gasteiger partial charge in [-0.25, -0.2) is 4.90 Å². The average Bonchev–Trinajstić information content (AvgIpc) is 2.95. The number of benzene rings is 2. The molecule has 1 aliphatic rings. The molecule has 1 unspecified atom stereocenters. The van der Waals surface area contributed by atoms with E-state index in [0.29, 0.717) is 25.3 Å². The summed E-state index contributed by atoms with van der Waals surface area (Å²) in [5, 5.41) is 23.2. The first-order chi connectivity index (χ1) is 16.0. The maximum atomic E-state index is 13.4. The van der Waals surface area contributed by atoms with Gasteiger partial charge in [-0.15, -0.1) is 0 Å². The van der Waals surface area contributed by atoms with Crippen LogP contribution in [-0.4, -0.2) is 42.1 Å². The van der Waals surface area contributed by atoms with Gasteiger partial charge in [0.2, 0.25) is 0 Å². The predicted molar refractivity (Wildman–Crippen MR) is 124 cm³/mol. The topological polar surface area (TPSA) is 71.8 Å². The summed E-state index contributed by atoms with van der Waals surface area (Å²) in [5.41, 5.74) is -0.496. The summed E-state index contributed by atoms with van der Waals surface area (Å²) < 4.78 is 46.1. The van der Waals surface area contributed by atoms with Crippen molar-refractivity contribution in [3.8, 4) is 11.8 Å². The van der Waals surface area contributed by atoms with Gasteiger partial charge in [0, 0.05) is 24.5 Å². The third-order valence-corrected chi connectivity index (χ3v) is 6.05. The Morgan fingerprint density at radius 3 is 2.47 bits per heavy atom. The molecule has 2 N–H and O–H groups in total. The SMILES string of the molecule is C=C1N(c2ccc(C#N)c(C(F)(F)F)c2)C(O)N(CCCOc2ccc(CNC)cc2)C1(C)C. The minimum Gasteiger partial charge on any atom is -0.494 e. The average molecular weight is 475 g/mol. The molecule has 9 heteroatoms. The van der Waals surface area contributed by atoms with Crippen molar-refractivity contribution in [2.24, 2.45) is 0 Å². The van der Waals surface area contributed by atoms with Crippen LogP contribution in [-0.2, 0) is 12.7 Å². The zero-order chi connectivity index (χ0) is 25.1. The Balaban J connectivity index is 1.70. The van der Waals surface area contributed by atoms with Crippen molar-refractivity contribution in [2.75, 3.05) is 25.1 Å². The van der Waals surface area contributed by atoms with Crippen molar-refractivity contribution >= 4 is 5.69 Å². The number of aliphatic hydroxyl groups is 1. The smallest absolute Gasteiger partial charge is 0.417 e. The first-order valence-electron chi connectivity index (χ1n) is 10.9. The van der Waals surface area contributed by atoms with Crippen molar-refractivity contribution < 1.29 is 23.0 Å². The number of nitriles is 1. The third-order valence-electron chi connectivity index (χ3n) is 6.05. The Labute approximate surface area is 197 Å². The zero-order valence-corrected chi connectivity index (χ0v) is 19.5. The molecule has 1 fully saturated rings. The van der Waals surface area contributed by atoms with E-state index < -0.39 is 29.2 Å². The summed E-state index contributed by atoms with van der Waals surface area (Å²) in [6.07, 6.45) is -5.32. The van der Waals surface area contributed by atoms with E-state index in [1.165, 1.54) is 11.0 Å². The molecule has 0 saturated carbocycles. The molecule has 0 radical (unpaired) electrons. The van der Waals surface area contributed by atoms with Crippen LogP contribution in [0.2, 0.25) is 0 Å². The van der Waals surface area contributed by atoms with Gasteiger partial charge < -0.3 is 20.1 Å². The van der Waals surface area contributed by atoms with Gasteiger partial charge in [-0.1, -0.05) is 18.7 Å². The highest BCUT2D eigenvalue weighted by Crippen LogP contribution is 2.42. The molecule has 0 spiro atoms. The second-order valence-electron chi connectivity index (χ2n) is 8.63. The highest BCUT2D eigenvalue weighted by atomic mass is 19.4. The fourth-order valence-corrected chi connectivity index (χ4v) is 4.06. The lowest BCUT2D eigenvalue weighted by atomic mass is 10.00. The molecule has 3 rings (SSSR count). The monoisotopic (exact) mass is 474 g/mol. The van der Waals surface area contributed by atoms with Gasteiger partial charge >= 0.3 is 6.18 Å². The van der Waals surface area contributed by atoms with Crippen molar-refractivity contribution in [3.63, 3.8) is 0 Å². The molecule has 0 aromatic heterocycles. The van der Waals surface area contributed by atoms with Crippen LogP contribution >= 0.6 is 0 Å². The maximum Gasteiger partial charge on any atom is 0.417 e. The predicted octanol–water partition coefficient (Wildman–Crippen LogP) is 4.46. The Hall–Kier alpha value is -3.06. The number of halogens is 3. The van der Waals surface area contributed by atoms with Gasteiger partial charge in [-0.2, -0.15) is 18.4 Å². The lowest BCUT2D eigenvalue weighted by Gasteiger charge is -2.31. The molecule has 0 amide bonds. The van der Waals surface area contributed by atoms with E-state index in [-0.39, 0.29) is 5.69 Å². The van der Waals surface area contributed by atoms with E-state index in [2.05, 4.69) is 11.9 Å². The molecule has 0 aliphatic carbocycles. The van der Waals surface area contributed by atoms with Gasteiger partial charge in [0.15, 0.2) is 6.35 Å². The normalized spacial score (nSPS) is 18.2. The summed E-state index contributed by atoms with van der Waals surface area (Å²) in [4.78, 5) is 3.14. The van der Waals surface area contributed by atoms with Crippen LogP contribution in [0, 0.1) is 11.3 Å². The molecule has 1 aliphatic heterocycles. The quantitative estimate of drug-likeness (QED) is 0.551. The van der Waals surface area contributed by atoms with E-state index in [4.69, 9.17) is 10.00 Å². The van der Waals surface area contributed by atoms with Crippen LogP contribution in [0.4, 0.5) is 18.9 Å². The van der Waals surface area contributed by atoms with Crippen molar-refractivity contribution in [2.45, 2.75) is 44.9 Å². The molecule has 182 valence electrons. The number of hydrogen-bond acceptors (Lipinski definition) is 6. The number of alkyl halides is 3. The largest absolute Gasteiger partial charge is 0.494 e. The minimum absolute atomic E-state index is 0.123. The van der Waals surface area contributed by atoms with Crippen LogP contribution in [0.5, 0.6) is 5.75 Å². The molecule has 1 heterocycles. The molecule has 1 saturated heterocycles. The number of nitrogens with zero attached hydrogens (tertiary/aromatic N) is 3. The fraction of sp³-hybridized carbons (Fsp3) is 0.400. The van der Waals surface area contributed by atoms with Gasteiger partial charge in [0.05, 0.1) is 29.3 Å². The minimum atomic E-state index is -4.69. The van der Waals surface area contributed by atoms with Crippen LogP contribution in [0.1, 0.15) is 37.0 Å². The number of nitrogens with one attached hydrogen (secondary N) is 1. The van der Waals surface area contributed by atoms with Crippen LogP contribution < -0.4 is 15.0 Å². The van der Waals surface area contributed by atoms with Gasteiger partial charge in [0.1, 0.15) is 5.75 Å². The summed E-state index contributed by atoms with van der Waals surface area (Å²) in [6, 6.07) is 12.7. The van der Waals surface area contributed by atoms with E-state index in [1.54, 1.807) is 11.0 Å². The number of rotatable bonds is 8. The Morgan fingerprint density at radius 1 is 1.21 bits per heavy atom. The lowest BCUT2D eigenvalue weighted by Crippen LogP contribution is -2.45. The molecule has 0 bridgehead atoms. The van der Waals surface area contributed by atoms with Gasteiger partial charge in [0.25, 0.3) is 0 Å². The molecule has 34 heavy (non-hydrogen) atoms. The third kappa shape index (κ3) is 5.20. The second kappa shape index (κ2) is 10.1. The molecule has 6 nitrogen and oxygen atoms in total. The molecule has 2 aromatic rings. The highest BCUT2D eigenvalue weighted by molar-refractivity contribution is 5.60.